The number of hydrogen-bond acceptors (Lipinski definition) is 1. The molecular weight excluding hydrogens is 220 g/mol. The molecule has 0 amide bonds. The number of aliphatic hydroxyl groups excluding tert-OH is 1. The SMILES string of the molecule is C=CCCCCCCCC[C@@H](O)/C=C/CCCC. The highest BCUT2D eigenvalue weighted by Gasteiger charge is 1.98. The predicted octanol–water partition coefficient (Wildman–Crippen LogP) is 5.40. The molecule has 1 nitrogen and oxygen atoms in total. The molecule has 0 heterocycles. The Morgan fingerprint density at radius 1 is 0.944 bits per heavy atom. The molecule has 0 bridgehead atoms. The number of unbranched alkanes of at least 4 members (excludes halogenated alkanes) is 8. The van der Waals surface area contributed by atoms with Crippen LogP contribution in [0.3, 0.4) is 0 Å². The zero-order chi connectivity index (χ0) is 13.5. The largest absolute Gasteiger partial charge is 0.389 e. The summed E-state index contributed by atoms with van der Waals surface area (Å²) in [4.78, 5) is 0. The molecule has 0 saturated heterocycles. The quantitative estimate of drug-likeness (QED) is 0.344. The molecule has 18 heavy (non-hydrogen) atoms. The lowest BCUT2D eigenvalue weighted by atomic mass is 10.1. The Balaban J connectivity index is 3.21. The molecule has 0 aliphatic heterocycles. The van der Waals surface area contributed by atoms with E-state index in [4.69, 9.17) is 0 Å². The van der Waals surface area contributed by atoms with Crippen molar-refractivity contribution in [2.45, 2.75) is 83.7 Å². The average Bonchev–Trinajstić information content (AvgIpc) is 2.38. The van der Waals surface area contributed by atoms with Crippen LogP contribution in [-0.2, 0) is 0 Å². The topological polar surface area (TPSA) is 20.2 Å². The fourth-order valence-electron chi connectivity index (χ4n) is 2.02. The highest BCUT2D eigenvalue weighted by molar-refractivity contribution is 4.88. The van der Waals surface area contributed by atoms with Crippen molar-refractivity contribution in [1.29, 1.82) is 0 Å². The van der Waals surface area contributed by atoms with E-state index < -0.39 is 0 Å². The summed E-state index contributed by atoms with van der Waals surface area (Å²) >= 11 is 0. The van der Waals surface area contributed by atoms with Gasteiger partial charge in [-0.25, -0.2) is 0 Å². The monoisotopic (exact) mass is 252 g/mol. The van der Waals surface area contributed by atoms with E-state index in [1.165, 1.54) is 44.9 Å². The normalized spacial score (nSPS) is 13.0. The van der Waals surface area contributed by atoms with Gasteiger partial charge in [-0.2, -0.15) is 0 Å². The van der Waals surface area contributed by atoms with E-state index in [0.717, 1.165) is 25.7 Å². The van der Waals surface area contributed by atoms with Crippen molar-refractivity contribution in [3.05, 3.63) is 24.8 Å². The zero-order valence-corrected chi connectivity index (χ0v) is 12.2. The van der Waals surface area contributed by atoms with E-state index in [2.05, 4.69) is 19.6 Å². The summed E-state index contributed by atoms with van der Waals surface area (Å²) in [7, 11) is 0. The van der Waals surface area contributed by atoms with Crippen molar-refractivity contribution < 1.29 is 5.11 Å². The molecule has 0 aromatic heterocycles. The van der Waals surface area contributed by atoms with Gasteiger partial charge in [-0.1, -0.05) is 70.1 Å². The molecule has 0 aromatic carbocycles. The first-order valence-electron chi connectivity index (χ1n) is 7.76. The number of aliphatic hydroxyl groups is 1. The van der Waals surface area contributed by atoms with Crippen molar-refractivity contribution in [3.63, 3.8) is 0 Å². The Morgan fingerprint density at radius 3 is 2.28 bits per heavy atom. The highest BCUT2D eigenvalue weighted by Crippen LogP contribution is 2.10. The molecular formula is C17H32O. The summed E-state index contributed by atoms with van der Waals surface area (Å²) in [5.74, 6) is 0. The van der Waals surface area contributed by atoms with Crippen LogP contribution in [0.5, 0.6) is 0 Å². The van der Waals surface area contributed by atoms with Gasteiger partial charge in [0.1, 0.15) is 0 Å². The lowest BCUT2D eigenvalue weighted by Gasteiger charge is -2.05. The van der Waals surface area contributed by atoms with Gasteiger partial charge in [0, 0.05) is 0 Å². The maximum Gasteiger partial charge on any atom is 0.0720 e. The third-order valence-electron chi connectivity index (χ3n) is 3.24. The van der Waals surface area contributed by atoms with Gasteiger partial charge < -0.3 is 5.11 Å². The summed E-state index contributed by atoms with van der Waals surface area (Å²) in [6, 6.07) is 0. The molecule has 0 aliphatic rings. The van der Waals surface area contributed by atoms with Crippen LogP contribution in [0.2, 0.25) is 0 Å². The number of allylic oxidation sites excluding steroid dienone is 2. The minimum atomic E-state index is -0.220. The third kappa shape index (κ3) is 13.5. The Kier molecular flexibility index (Phi) is 14.0. The molecule has 0 radical (unpaired) electrons. The van der Waals surface area contributed by atoms with E-state index in [1.54, 1.807) is 0 Å². The van der Waals surface area contributed by atoms with Crippen LogP contribution in [0.4, 0.5) is 0 Å². The van der Waals surface area contributed by atoms with E-state index in [-0.39, 0.29) is 6.10 Å². The van der Waals surface area contributed by atoms with Gasteiger partial charge in [0.25, 0.3) is 0 Å². The van der Waals surface area contributed by atoms with E-state index in [1.807, 2.05) is 12.2 Å². The van der Waals surface area contributed by atoms with Crippen molar-refractivity contribution in [2.75, 3.05) is 0 Å². The number of rotatable bonds is 13. The van der Waals surface area contributed by atoms with Gasteiger partial charge in [-0.05, 0) is 25.7 Å². The third-order valence-corrected chi connectivity index (χ3v) is 3.24. The van der Waals surface area contributed by atoms with Gasteiger partial charge >= 0.3 is 0 Å². The molecule has 0 aromatic rings. The Labute approximate surface area is 114 Å². The second kappa shape index (κ2) is 14.5. The first-order chi connectivity index (χ1) is 8.81. The molecule has 1 heteroatoms. The van der Waals surface area contributed by atoms with Crippen LogP contribution < -0.4 is 0 Å². The molecule has 0 unspecified atom stereocenters. The van der Waals surface area contributed by atoms with Crippen molar-refractivity contribution in [2.24, 2.45) is 0 Å². The maximum absolute atomic E-state index is 9.72. The van der Waals surface area contributed by atoms with Gasteiger partial charge in [-0.15, -0.1) is 6.58 Å². The zero-order valence-electron chi connectivity index (χ0n) is 12.2. The summed E-state index contributed by atoms with van der Waals surface area (Å²) in [6.45, 7) is 5.92. The Hall–Kier alpha value is -0.560. The van der Waals surface area contributed by atoms with Gasteiger partial charge in [0.2, 0.25) is 0 Å². The standard InChI is InChI=1S/C17H32O/c1-3-5-7-9-10-11-12-14-16-17(18)15-13-8-6-4-2/h3,13,15,17-18H,1,4-12,14,16H2,2H3/b15-13+/t17-/m0/s1. The maximum atomic E-state index is 9.72. The summed E-state index contributed by atoms with van der Waals surface area (Å²) in [6.07, 6.45) is 19.2. The summed E-state index contributed by atoms with van der Waals surface area (Å²) in [5.41, 5.74) is 0. The van der Waals surface area contributed by atoms with Crippen LogP contribution >= 0.6 is 0 Å². The van der Waals surface area contributed by atoms with Crippen molar-refractivity contribution >= 4 is 0 Å². The van der Waals surface area contributed by atoms with Crippen molar-refractivity contribution in [3.8, 4) is 0 Å². The summed E-state index contributed by atoms with van der Waals surface area (Å²) in [5, 5.41) is 9.72. The van der Waals surface area contributed by atoms with Crippen LogP contribution in [0, 0.1) is 0 Å². The molecule has 0 rings (SSSR count). The van der Waals surface area contributed by atoms with Crippen LogP contribution in [0.15, 0.2) is 24.8 Å². The predicted molar refractivity (Wildman–Crippen MR) is 81.8 cm³/mol. The van der Waals surface area contributed by atoms with Gasteiger partial charge in [0.05, 0.1) is 6.10 Å². The summed E-state index contributed by atoms with van der Waals surface area (Å²) < 4.78 is 0. The molecule has 0 spiro atoms. The molecule has 0 aliphatic carbocycles. The Morgan fingerprint density at radius 2 is 1.61 bits per heavy atom. The molecule has 1 N–H and O–H groups in total. The second-order valence-electron chi connectivity index (χ2n) is 5.13. The molecule has 1 atom stereocenters. The fraction of sp³-hybridized carbons (Fsp3) is 0.765. The minimum Gasteiger partial charge on any atom is -0.389 e. The molecule has 0 saturated carbocycles. The van der Waals surface area contributed by atoms with Gasteiger partial charge in [-0.3, -0.25) is 0 Å². The first kappa shape index (κ1) is 17.4. The van der Waals surface area contributed by atoms with E-state index in [9.17, 15) is 5.11 Å². The minimum absolute atomic E-state index is 0.220. The van der Waals surface area contributed by atoms with Crippen LogP contribution in [0.25, 0.3) is 0 Å². The average molecular weight is 252 g/mol. The van der Waals surface area contributed by atoms with Crippen molar-refractivity contribution in [1.82, 2.24) is 0 Å². The molecule has 106 valence electrons. The highest BCUT2D eigenvalue weighted by atomic mass is 16.3. The van der Waals surface area contributed by atoms with Gasteiger partial charge in [0.15, 0.2) is 0 Å². The smallest absolute Gasteiger partial charge is 0.0720 e. The van der Waals surface area contributed by atoms with E-state index >= 15 is 0 Å². The lowest BCUT2D eigenvalue weighted by Crippen LogP contribution is -2.01. The fourth-order valence-corrected chi connectivity index (χ4v) is 2.02. The van der Waals surface area contributed by atoms with Crippen LogP contribution in [-0.4, -0.2) is 11.2 Å². The molecule has 0 fully saturated rings. The first-order valence-corrected chi connectivity index (χ1v) is 7.76. The Bertz CT molecular complexity index is 196. The van der Waals surface area contributed by atoms with Crippen LogP contribution in [0.1, 0.15) is 77.6 Å². The van der Waals surface area contributed by atoms with E-state index in [0.29, 0.717) is 0 Å². The number of hydrogen-bond donors (Lipinski definition) is 1. The second-order valence-corrected chi connectivity index (χ2v) is 5.13. The lowest BCUT2D eigenvalue weighted by molar-refractivity contribution is 0.207.